The second kappa shape index (κ2) is 6.33. The summed E-state index contributed by atoms with van der Waals surface area (Å²) in [5, 5.41) is 3.82. The molecule has 0 radical (unpaired) electrons. The summed E-state index contributed by atoms with van der Waals surface area (Å²) in [6, 6.07) is 9.76. The Labute approximate surface area is 122 Å². The smallest absolute Gasteiger partial charge is 0.159 e. The summed E-state index contributed by atoms with van der Waals surface area (Å²) in [5.41, 5.74) is 2.31. The molecule has 1 nitrogen and oxygen atoms in total. The summed E-state index contributed by atoms with van der Waals surface area (Å²) in [5.74, 6) is -1.73. The first-order chi connectivity index (χ1) is 9.47. The molecule has 0 unspecified atom stereocenters. The number of benzene rings is 2. The molecule has 0 fully saturated rings. The summed E-state index contributed by atoms with van der Waals surface area (Å²) < 4.78 is 26.2. The third kappa shape index (κ3) is 3.56. The third-order valence-electron chi connectivity index (χ3n) is 2.98. The van der Waals surface area contributed by atoms with Crippen molar-refractivity contribution in [3.63, 3.8) is 0 Å². The van der Waals surface area contributed by atoms with Crippen molar-refractivity contribution < 1.29 is 8.78 Å². The van der Waals surface area contributed by atoms with Crippen LogP contribution in [-0.4, -0.2) is 6.04 Å². The minimum atomic E-state index is -0.871. The molecule has 0 saturated heterocycles. The van der Waals surface area contributed by atoms with Gasteiger partial charge in [0.05, 0.1) is 0 Å². The Hall–Kier alpha value is -1.45. The highest BCUT2D eigenvalue weighted by Crippen LogP contribution is 2.29. The van der Waals surface area contributed by atoms with E-state index in [0.717, 1.165) is 24.2 Å². The zero-order valence-electron chi connectivity index (χ0n) is 11.4. The van der Waals surface area contributed by atoms with Gasteiger partial charge < -0.3 is 5.32 Å². The highest BCUT2D eigenvalue weighted by Gasteiger charge is 2.08. The van der Waals surface area contributed by atoms with Gasteiger partial charge in [0.25, 0.3) is 0 Å². The van der Waals surface area contributed by atoms with Gasteiger partial charge in [0.15, 0.2) is 11.6 Å². The van der Waals surface area contributed by atoms with Gasteiger partial charge in [-0.1, -0.05) is 43.6 Å². The lowest BCUT2D eigenvalue weighted by Crippen LogP contribution is -2.21. The molecular weight excluding hydrogens is 280 g/mol. The Balaban J connectivity index is 2.27. The summed E-state index contributed by atoms with van der Waals surface area (Å²) in [6.07, 6.45) is 0. The first kappa shape index (κ1) is 14.9. The fourth-order valence-electron chi connectivity index (χ4n) is 1.89. The standard InChI is InChI=1S/C16H16ClF2N/c1-10(2)20-9-11-3-5-13(14(17)7-11)12-4-6-15(18)16(19)8-12/h3-8,10,20H,9H2,1-2H3. The molecule has 0 amide bonds. The number of halogens is 3. The molecule has 20 heavy (non-hydrogen) atoms. The predicted molar refractivity (Wildman–Crippen MR) is 78.8 cm³/mol. The molecule has 2 rings (SSSR count). The van der Waals surface area contributed by atoms with Crippen LogP contribution >= 0.6 is 11.6 Å². The second-order valence-electron chi connectivity index (χ2n) is 4.98. The Morgan fingerprint density at radius 3 is 2.40 bits per heavy atom. The molecule has 106 valence electrons. The third-order valence-corrected chi connectivity index (χ3v) is 3.29. The molecule has 0 bridgehead atoms. The van der Waals surface area contributed by atoms with Crippen molar-refractivity contribution in [2.75, 3.05) is 0 Å². The van der Waals surface area contributed by atoms with E-state index < -0.39 is 11.6 Å². The van der Waals surface area contributed by atoms with Crippen LogP contribution in [0, 0.1) is 11.6 Å². The van der Waals surface area contributed by atoms with Gasteiger partial charge in [-0.3, -0.25) is 0 Å². The van der Waals surface area contributed by atoms with Gasteiger partial charge in [-0.25, -0.2) is 8.78 Å². The van der Waals surface area contributed by atoms with Crippen molar-refractivity contribution in [3.05, 3.63) is 58.6 Å². The molecule has 2 aromatic carbocycles. The number of hydrogen-bond acceptors (Lipinski definition) is 1. The molecule has 1 N–H and O–H groups in total. The fraction of sp³-hybridized carbons (Fsp3) is 0.250. The fourth-order valence-corrected chi connectivity index (χ4v) is 2.20. The van der Waals surface area contributed by atoms with Gasteiger partial charge in [0, 0.05) is 23.2 Å². The molecule has 4 heteroatoms. The first-order valence-corrected chi connectivity index (χ1v) is 6.82. The lowest BCUT2D eigenvalue weighted by molar-refractivity contribution is 0.509. The van der Waals surface area contributed by atoms with Crippen LogP contribution in [0.25, 0.3) is 11.1 Å². The van der Waals surface area contributed by atoms with Crippen molar-refractivity contribution in [1.29, 1.82) is 0 Å². The van der Waals surface area contributed by atoms with Crippen molar-refractivity contribution in [3.8, 4) is 11.1 Å². The van der Waals surface area contributed by atoms with Crippen LogP contribution in [0.5, 0.6) is 0 Å². The molecule has 0 atom stereocenters. The first-order valence-electron chi connectivity index (χ1n) is 6.44. The van der Waals surface area contributed by atoms with Crippen molar-refractivity contribution in [1.82, 2.24) is 5.32 Å². The monoisotopic (exact) mass is 295 g/mol. The SMILES string of the molecule is CC(C)NCc1ccc(-c2ccc(F)c(F)c2)c(Cl)c1. The van der Waals surface area contributed by atoms with Crippen molar-refractivity contribution >= 4 is 11.6 Å². The summed E-state index contributed by atoms with van der Waals surface area (Å²) in [7, 11) is 0. The largest absolute Gasteiger partial charge is 0.310 e. The van der Waals surface area contributed by atoms with E-state index in [9.17, 15) is 8.78 Å². The quantitative estimate of drug-likeness (QED) is 0.855. The van der Waals surface area contributed by atoms with Gasteiger partial charge in [-0.2, -0.15) is 0 Å². The predicted octanol–water partition coefficient (Wildman–Crippen LogP) is 4.78. The van der Waals surface area contributed by atoms with E-state index in [-0.39, 0.29) is 0 Å². The minimum absolute atomic E-state index is 0.389. The molecule has 0 heterocycles. The average Bonchev–Trinajstić information content (AvgIpc) is 2.40. The Kier molecular flexibility index (Phi) is 4.73. The van der Waals surface area contributed by atoms with E-state index in [1.165, 1.54) is 6.07 Å². The van der Waals surface area contributed by atoms with E-state index in [0.29, 0.717) is 22.2 Å². The second-order valence-corrected chi connectivity index (χ2v) is 5.39. The summed E-state index contributed by atoms with van der Waals surface area (Å²) >= 11 is 6.23. The lowest BCUT2D eigenvalue weighted by atomic mass is 10.0. The zero-order chi connectivity index (χ0) is 14.7. The van der Waals surface area contributed by atoms with E-state index in [2.05, 4.69) is 19.2 Å². The van der Waals surface area contributed by atoms with E-state index in [4.69, 9.17) is 11.6 Å². The van der Waals surface area contributed by atoms with Gasteiger partial charge in [-0.15, -0.1) is 0 Å². The summed E-state index contributed by atoms with van der Waals surface area (Å²) in [4.78, 5) is 0. The number of rotatable bonds is 4. The molecule has 0 saturated carbocycles. The van der Waals surface area contributed by atoms with Crippen LogP contribution < -0.4 is 5.32 Å². The normalized spacial score (nSPS) is 11.1. The van der Waals surface area contributed by atoms with Crippen molar-refractivity contribution in [2.45, 2.75) is 26.4 Å². The molecule has 0 aliphatic heterocycles. The molecule has 0 aliphatic rings. The maximum absolute atomic E-state index is 13.3. The van der Waals surface area contributed by atoms with Gasteiger partial charge in [-0.05, 0) is 29.3 Å². The maximum atomic E-state index is 13.3. The topological polar surface area (TPSA) is 12.0 Å². The van der Waals surface area contributed by atoms with Gasteiger partial charge in [0.1, 0.15) is 0 Å². The van der Waals surface area contributed by atoms with Gasteiger partial charge >= 0.3 is 0 Å². The van der Waals surface area contributed by atoms with Crippen LogP contribution in [0.4, 0.5) is 8.78 Å². The zero-order valence-corrected chi connectivity index (χ0v) is 12.1. The highest BCUT2D eigenvalue weighted by molar-refractivity contribution is 6.33. The molecule has 0 aromatic heterocycles. The van der Waals surface area contributed by atoms with Crippen LogP contribution in [-0.2, 0) is 6.54 Å². The van der Waals surface area contributed by atoms with Crippen LogP contribution in [0.2, 0.25) is 5.02 Å². The lowest BCUT2D eigenvalue weighted by Gasteiger charge is -2.10. The van der Waals surface area contributed by atoms with Crippen LogP contribution in [0.1, 0.15) is 19.4 Å². The Morgan fingerprint density at radius 1 is 1.05 bits per heavy atom. The molecular formula is C16H16ClF2N. The molecule has 0 aliphatic carbocycles. The van der Waals surface area contributed by atoms with E-state index in [1.807, 2.05) is 18.2 Å². The van der Waals surface area contributed by atoms with Gasteiger partial charge in [0.2, 0.25) is 0 Å². The Bertz CT molecular complexity index is 611. The average molecular weight is 296 g/mol. The van der Waals surface area contributed by atoms with E-state index in [1.54, 1.807) is 0 Å². The highest BCUT2D eigenvalue weighted by atomic mass is 35.5. The van der Waals surface area contributed by atoms with Crippen LogP contribution in [0.3, 0.4) is 0 Å². The molecule has 0 spiro atoms. The maximum Gasteiger partial charge on any atom is 0.159 e. The number of hydrogen-bond donors (Lipinski definition) is 1. The minimum Gasteiger partial charge on any atom is -0.310 e. The van der Waals surface area contributed by atoms with E-state index >= 15 is 0 Å². The summed E-state index contributed by atoms with van der Waals surface area (Å²) in [6.45, 7) is 4.85. The molecule has 2 aromatic rings. The van der Waals surface area contributed by atoms with Crippen molar-refractivity contribution in [2.24, 2.45) is 0 Å². The number of nitrogens with one attached hydrogen (secondary N) is 1. The van der Waals surface area contributed by atoms with Crippen LogP contribution in [0.15, 0.2) is 36.4 Å². The Morgan fingerprint density at radius 2 is 1.80 bits per heavy atom.